The molecule has 0 saturated carbocycles. The van der Waals surface area contributed by atoms with E-state index in [2.05, 4.69) is 325 Å². The Kier molecular flexibility index (Phi) is 11.1. The van der Waals surface area contributed by atoms with Gasteiger partial charge in [0.25, 0.3) is 0 Å². The van der Waals surface area contributed by atoms with E-state index in [-0.39, 0.29) is 0 Å². The molecule has 0 bridgehead atoms. The van der Waals surface area contributed by atoms with Gasteiger partial charge in [-0.05, 0) is 150 Å². The van der Waals surface area contributed by atoms with Crippen molar-refractivity contribution in [3.63, 3.8) is 0 Å². The standard InChI is InChI=1S/C77H52N2/c1-5-21-55(22-6-1)64-34-19-23-56-24-20-35-69(76(56)64)67-32-14-17-37-73(67)78(62-45-39-53(40-46-62)57-44-50-75-70(51-57)68-33-15-18-38-74(68)79(75)61-29-11-4-12-30-61)63-47-41-54(42-48-63)58-43-49-66-65-31-13-16-36-71(65)77(72(66)52-58,59-25-7-2-8-26-59)60-27-9-3-10-28-60/h1-52H. The number of hydrogen-bond donors (Lipinski definition) is 0. The zero-order chi connectivity index (χ0) is 52.3. The number of aromatic nitrogens is 1. The third-order valence-corrected chi connectivity index (χ3v) is 16.5. The largest absolute Gasteiger partial charge is 0.310 e. The van der Waals surface area contributed by atoms with Crippen molar-refractivity contribution in [2.24, 2.45) is 0 Å². The van der Waals surface area contributed by atoms with Crippen LogP contribution >= 0.6 is 0 Å². The van der Waals surface area contributed by atoms with Crippen LogP contribution in [0.3, 0.4) is 0 Å². The number of para-hydroxylation sites is 3. The first-order chi connectivity index (χ1) is 39.2. The van der Waals surface area contributed by atoms with Gasteiger partial charge in [-0.2, -0.15) is 0 Å². The number of benzene rings is 13. The second-order valence-electron chi connectivity index (χ2n) is 20.7. The highest BCUT2D eigenvalue weighted by atomic mass is 15.1. The number of rotatable bonds is 10. The van der Waals surface area contributed by atoms with Crippen molar-refractivity contribution in [3.05, 3.63) is 338 Å². The lowest BCUT2D eigenvalue weighted by molar-refractivity contribution is 0.769. The lowest BCUT2D eigenvalue weighted by Gasteiger charge is -2.34. The van der Waals surface area contributed by atoms with Gasteiger partial charge in [-0.1, -0.05) is 249 Å². The van der Waals surface area contributed by atoms with Gasteiger partial charge in [-0.15, -0.1) is 0 Å². The molecule has 79 heavy (non-hydrogen) atoms. The van der Waals surface area contributed by atoms with Crippen molar-refractivity contribution in [1.82, 2.24) is 4.57 Å². The summed E-state index contributed by atoms with van der Waals surface area (Å²) in [4.78, 5) is 2.44. The molecular formula is C77H52N2. The van der Waals surface area contributed by atoms with Crippen molar-refractivity contribution >= 4 is 49.6 Å². The number of hydrogen-bond acceptors (Lipinski definition) is 1. The van der Waals surface area contributed by atoms with Crippen LogP contribution in [0.4, 0.5) is 17.1 Å². The Labute approximate surface area is 461 Å². The molecule has 15 rings (SSSR count). The van der Waals surface area contributed by atoms with E-state index < -0.39 is 5.41 Å². The van der Waals surface area contributed by atoms with Crippen LogP contribution in [-0.2, 0) is 5.41 Å². The topological polar surface area (TPSA) is 8.17 Å². The van der Waals surface area contributed by atoms with E-state index in [9.17, 15) is 0 Å². The molecule has 0 N–H and O–H groups in total. The van der Waals surface area contributed by atoms with Gasteiger partial charge < -0.3 is 9.47 Å². The van der Waals surface area contributed by atoms with Crippen LogP contribution in [0.15, 0.2) is 315 Å². The smallest absolute Gasteiger partial charge is 0.0713 e. The molecule has 2 heteroatoms. The minimum absolute atomic E-state index is 0.480. The van der Waals surface area contributed by atoms with E-state index in [0.717, 1.165) is 39.4 Å². The van der Waals surface area contributed by atoms with Crippen molar-refractivity contribution in [1.29, 1.82) is 0 Å². The molecule has 13 aromatic carbocycles. The Morgan fingerprint density at radius 2 is 0.772 bits per heavy atom. The third kappa shape index (κ3) is 7.56. The molecule has 14 aromatic rings. The zero-order valence-corrected chi connectivity index (χ0v) is 43.4. The summed E-state index contributed by atoms with van der Waals surface area (Å²) in [6.07, 6.45) is 0. The third-order valence-electron chi connectivity index (χ3n) is 16.5. The summed E-state index contributed by atoms with van der Waals surface area (Å²) < 4.78 is 2.38. The molecule has 0 radical (unpaired) electrons. The van der Waals surface area contributed by atoms with Gasteiger partial charge in [0, 0.05) is 33.4 Å². The minimum atomic E-state index is -0.480. The molecule has 0 amide bonds. The van der Waals surface area contributed by atoms with E-state index in [0.29, 0.717) is 0 Å². The summed E-state index contributed by atoms with van der Waals surface area (Å²) in [6.45, 7) is 0. The Hall–Kier alpha value is -10.3. The fraction of sp³-hybridized carbons (Fsp3) is 0.0130. The van der Waals surface area contributed by atoms with Crippen molar-refractivity contribution in [2.45, 2.75) is 5.41 Å². The predicted octanol–water partition coefficient (Wildman–Crippen LogP) is 20.4. The van der Waals surface area contributed by atoms with Gasteiger partial charge >= 0.3 is 0 Å². The first-order valence-corrected chi connectivity index (χ1v) is 27.3. The van der Waals surface area contributed by atoms with Crippen LogP contribution in [-0.4, -0.2) is 4.57 Å². The van der Waals surface area contributed by atoms with Crippen molar-refractivity contribution in [3.8, 4) is 61.3 Å². The SMILES string of the molecule is c1ccc(-c2cccc3cccc(-c4ccccc4N(c4ccc(-c5ccc6c(c5)C(c5ccccc5)(c5ccccc5)c5ccccc5-6)cc4)c4ccc(-c5ccc6c(c5)c5ccccc5n6-c5ccccc5)cc4)c23)cc1. The first-order valence-electron chi connectivity index (χ1n) is 27.3. The lowest BCUT2D eigenvalue weighted by Crippen LogP contribution is -2.28. The fourth-order valence-corrected chi connectivity index (χ4v) is 13.0. The van der Waals surface area contributed by atoms with Crippen LogP contribution in [0, 0.1) is 0 Å². The molecule has 0 saturated heterocycles. The van der Waals surface area contributed by atoms with E-state index in [1.165, 1.54) is 93.8 Å². The zero-order valence-electron chi connectivity index (χ0n) is 43.4. The highest BCUT2D eigenvalue weighted by Gasteiger charge is 2.46. The van der Waals surface area contributed by atoms with Gasteiger partial charge in [0.1, 0.15) is 0 Å². The van der Waals surface area contributed by atoms with Crippen LogP contribution in [0.1, 0.15) is 22.3 Å². The Bertz CT molecular complexity index is 4510. The molecule has 0 atom stereocenters. The van der Waals surface area contributed by atoms with Crippen LogP contribution < -0.4 is 4.90 Å². The maximum atomic E-state index is 2.46. The molecule has 1 heterocycles. The predicted molar refractivity (Wildman–Crippen MR) is 332 cm³/mol. The van der Waals surface area contributed by atoms with Gasteiger partial charge in [-0.25, -0.2) is 0 Å². The highest BCUT2D eigenvalue weighted by Crippen LogP contribution is 2.57. The van der Waals surface area contributed by atoms with Gasteiger partial charge in [0.2, 0.25) is 0 Å². The van der Waals surface area contributed by atoms with E-state index in [1.807, 2.05) is 0 Å². The molecule has 2 nitrogen and oxygen atoms in total. The van der Waals surface area contributed by atoms with Gasteiger partial charge in [-0.3, -0.25) is 0 Å². The Morgan fingerprint density at radius 1 is 0.278 bits per heavy atom. The summed E-state index contributed by atoms with van der Waals surface area (Å²) >= 11 is 0. The van der Waals surface area contributed by atoms with Gasteiger partial charge in [0.15, 0.2) is 0 Å². The maximum Gasteiger partial charge on any atom is 0.0713 e. The maximum absolute atomic E-state index is 2.46. The van der Waals surface area contributed by atoms with Gasteiger partial charge in [0.05, 0.1) is 22.1 Å². The van der Waals surface area contributed by atoms with Crippen LogP contribution in [0.2, 0.25) is 0 Å². The summed E-state index contributed by atoms with van der Waals surface area (Å²) in [7, 11) is 0. The minimum Gasteiger partial charge on any atom is -0.310 e. The second-order valence-corrected chi connectivity index (χ2v) is 20.7. The fourth-order valence-electron chi connectivity index (χ4n) is 13.0. The summed E-state index contributed by atoms with van der Waals surface area (Å²) in [6, 6.07) is 116. The molecule has 1 aliphatic rings. The summed E-state index contributed by atoms with van der Waals surface area (Å²) in [5, 5.41) is 4.92. The van der Waals surface area contributed by atoms with E-state index in [1.54, 1.807) is 0 Å². The molecule has 370 valence electrons. The monoisotopic (exact) mass is 1000 g/mol. The molecular weight excluding hydrogens is 953 g/mol. The average Bonchev–Trinajstić information content (AvgIpc) is 4.20. The normalized spacial score (nSPS) is 12.4. The second kappa shape index (κ2) is 19.1. The highest BCUT2D eigenvalue weighted by molar-refractivity contribution is 6.11. The number of anilines is 3. The number of fused-ring (bicyclic) bond motifs is 7. The van der Waals surface area contributed by atoms with Crippen molar-refractivity contribution in [2.75, 3.05) is 4.90 Å². The van der Waals surface area contributed by atoms with Crippen LogP contribution in [0.5, 0.6) is 0 Å². The van der Waals surface area contributed by atoms with E-state index >= 15 is 0 Å². The first kappa shape index (κ1) is 46.1. The molecule has 1 aliphatic carbocycles. The molecule has 0 aliphatic heterocycles. The van der Waals surface area contributed by atoms with E-state index in [4.69, 9.17) is 0 Å². The summed E-state index contributed by atoms with van der Waals surface area (Å²) in [5.41, 5.74) is 23.4. The number of nitrogens with zero attached hydrogens (tertiary/aromatic N) is 2. The molecule has 0 spiro atoms. The average molecular weight is 1010 g/mol. The van der Waals surface area contributed by atoms with Crippen LogP contribution in [0.25, 0.3) is 93.9 Å². The van der Waals surface area contributed by atoms with Crippen molar-refractivity contribution < 1.29 is 0 Å². The Morgan fingerprint density at radius 3 is 1.46 bits per heavy atom. The lowest BCUT2D eigenvalue weighted by atomic mass is 9.67. The Balaban J connectivity index is 0.875. The molecule has 1 aromatic heterocycles. The quantitative estimate of drug-likeness (QED) is 0.133. The molecule has 0 unspecified atom stereocenters. The summed E-state index contributed by atoms with van der Waals surface area (Å²) in [5.74, 6) is 0. The molecule has 0 fully saturated rings.